The number of unbranched alkanes of at least 4 members (excludes halogenated alkanes) is 1. The largest absolute Gasteiger partial charge is 0.477 e. The van der Waals surface area contributed by atoms with Crippen molar-refractivity contribution in [1.82, 2.24) is 4.98 Å². The van der Waals surface area contributed by atoms with Gasteiger partial charge in [-0.25, -0.2) is 14.2 Å². The summed E-state index contributed by atoms with van der Waals surface area (Å²) in [5.41, 5.74) is 1.66. The Morgan fingerprint density at radius 1 is 1.26 bits per heavy atom. The molecule has 1 N–H and O–H groups in total. The summed E-state index contributed by atoms with van der Waals surface area (Å²) in [6.45, 7) is 4.09. The molecule has 1 aromatic carbocycles. The fourth-order valence-corrected chi connectivity index (χ4v) is 3.04. The molecule has 2 aromatic rings. The first-order valence-electron chi connectivity index (χ1n) is 9.11. The molecule has 0 saturated carbocycles. The van der Waals surface area contributed by atoms with Gasteiger partial charge in [0.2, 0.25) is 5.89 Å². The van der Waals surface area contributed by atoms with Crippen molar-refractivity contribution in [1.29, 1.82) is 0 Å². The van der Waals surface area contributed by atoms with Gasteiger partial charge in [0.15, 0.2) is 0 Å². The minimum Gasteiger partial charge on any atom is -0.477 e. The molecule has 0 unspecified atom stereocenters. The van der Waals surface area contributed by atoms with Crippen molar-refractivity contribution >= 4 is 5.97 Å². The second kappa shape index (κ2) is 8.19. The number of halogens is 1. The van der Waals surface area contributed by atoms with Crippen LogP contribution in [0.3, 0.4) is 0 Å². The van der Waals surface area contributed by atoms with E-state index in [1.165, 1.54) is 19.1 Å². The number of aliphatic carboxylic acids is 1. The van der Waals surface area contributed by atoms with Crippen LogP contribution in [-0.4, -0.2) is 35.1 Å². The van der Waals surface area contributed by atoms with Crippen LogP contribution in [-0.2, 0) is 20.7 Å². The Labute approximate surface area is 157 Å². The summed E-state index contributed by atoms with van der Waals surface area (Å²) in [6.07, 6.45) is 3.58. The van der Waals surface area contributed by atoms with Crippen molar-refractivity contribution in [2.45, 2.75) is 45.3 Å². The van der Waals surface area contributed by atoms with E-state index in [1.54, 1.807) is 12.1 Å². The lowest BCUT2D eigenvalue weighted by Crippen LogP contribution is -2.47. The number of nitrogens with zero attached hydrogens (tertiary/aromatic N) is 1. The highest BCUT2D eigenvalue weighted by Gasteiger charge is 2.40. The Hall–Kier alpha value is -2.25. The fourth-order valence-electron chi connectivity index (χ4n) is 3.04. The minimum absolute atomic E-state index is 0.200. The van der Waals surface area contributed by atoms with Crippen LogP contribution in [0.5, 0.6) is 0 Å². The van der Waals surface area contributed by atoms with Crippen molar-refractivity contribution in [2.75, 3.05) is 13.2 Å². The van der Waals surface area contributed by atoms with E-state index in [0.29, 0.717) is 19.1 Å². The normalized spacial score (nSPS) is 22.7. The van der Waals surface area contributed by atoms with E-state index in [0.717, 1.165) is 42.7 Å². The Morgan fingerprint density at radius 3 is 2.56 bits per heavy atom. The van der Waals surface area contributed by atoms with Gasteiger partial charge in [-0.05, 0) is 50.5 Å². The number of carboxylic acid groups (broad SMARTS) is 1. The van der Waals surface area contributed by atoms with E-state index in [-0.39, 0.29) is 11.7 Å². The van der Waals surface area contributed by atoms with E-state index in [4.69, 9.17) is 19.0 Å². The zero-order valence-corrected chi connectivity index (χ0v) is 15.5. The van der Waals surface area contributed by atoms with Crippen molar-refractivity contribution in [3.63, 3.8) is 0 Å². The molecule has 0 atom stereocenters. The highest BCUT2D eigenvalue weighted by Crippen LogP contribution is 2.26. The van der Waals surface area contributed by atoms with Gasteiger partial charge in [0, 0.05) is 18.4 Å². The van der Waals surface area contributed by atoms with Gasteiger partial charge in [-0.15, -0.1) is 0 Å². The van der Waals surface area contributed by atoms with Crippen LogP contribution in [0, 0.1) is 18.7 Å². The lowest BCUT2D eigenvalue weighted by Gasteiger charge is -2.34. The summed E-state index contributed by atoms with van der Waals surface area (Å²) in [7, 11) is 0. The number of oxazole rings is 1. The number of aromatic nitrogens is 1. The average Bonchev–Trinajstić information content (AvgIpc) is 3.01. The predicted octanol–water partition coefficient (Wildman–Crippen LogP) is 3.97. The molecule has 0 bridgehead atoms. The lowest BCUT2D eigenvalue weighted by atomic mass is 10.0. The number of hydrogen-bond acceptors (Lipinski definition) is 5. The van der Waals surface area contributed by atoms with Crippen LogP contribution in [0.15, 0.2) is 28.7 Å². The zero-order chi connectivity index (χ0) is 19.4. The van der Waals surface area contributed by atoms with Crippen molar-refractivity contribution in [3.05, 3.63) is 41.5 Å². The summed E-state index contributed by atoms with van der Waals surface area (Å²) in [5, 5.41) is 9.06. The molecule has 1 aliphatic heterocycles. The Balaban J connectivity index is 1.45. The zero-order valence-electron chi connectivity index (χ0n) is 15.5. The first-order valence-corrected chi connectivity index (χ1v) is 9.11. The summed E-state index contributed by atoms with van der Waals surface area (Å²) in [5.74, 6) is -1.43. The highest BCUT2D eigenvalue weighted by molar-refractivity contribution is 5.75. The van der Waals surface area contributed by atoms with Gasteiger partial charge < -0.3 is 19.0 Å². The second-order valence-corrected chi connectivity index (χ2v) is 7.01. The molecule has 1 aliphatic rings. The van der Waals surface area contributed by atoms with Crippen molar-refractivity contribution in [3.8, 4) is 11.5 Å². The van der Waals surface area contributed by atoms with Crippen LogP contribution >= 0.6 is 0 Å². The predicted molar refractivity (Wildman–Crippen MR) is 95.6 cm³/mol. The van der Waals surface area contributed by atoms with Crippen LogP contribution < -0.4 is 0 Å². The molecular weight excluding hydrogens is 353 g/mol. The molecule has 1 saturated heterocycles. The quantitative estimate of drug-likeness (QED) is 0.736. The van der Waals surface area contributed by atoms with Gasteiger partial charge in [0.25, 0.3) is 5.79 Å². The SMILES string of the molecule is Cc1oc(-c2ccc(F)cc2)nc1CCCCC1COC(C)(C(=O)O)OC1. The average molecular weight is 377 g/mol. The topological polar surface area (TPSA) is 81.8 Å². The Bertz CT molecular complexity index is 778. The number of carbonyl (C=O) groups is 1. The van der Waals surface area contributed by atoms with E-state index < -0.39 is 11.8 Å². The smallest absolute Gasteiger partial charge is 0.364 e. The maximum atomic E-state index is 13.0. The van der Waals surface area contributed by atoms with Gasteiger partial charge in [0.1, 0.15) is 11.6 Å². The van der Waals surface area contributed by atoms with Gasteiger partial charge in [0.05, 0.1) is 18.9 Å². The van der Waals surface area contributed by atoms with E-state index in [9.17, 15) is 9.18 Å². The van der Waals surface area contributed by atoms with Gasteiger partial charge in [-0.2, -0.15) is 0 Å². The molecular formula is C20H24FNO5. The Morgan fingerprint density at radius 2 is 1.93 bits per heavy atom. The molecule has 2 heterocycles. The van der Waals surface area contributed by atoms with E-state index in [1.807, 2.05) is 6.92 Å². The molecule has 7 heteroatoms. The van der Waals surface area contributed by atoms with Gasteiger partial charge in [-0.3, -0.25) is 0 Å². The maximum Gasteiger partial charge on any atom is 0.364 e. The van der Waals surface area contributed by atoms with Crippen LogP contribution in [0.2, 0.25) is 0 Å². The summed E-state index contributed by atoms with van der Waals surface area (Å²) in [6, 6.07) is 6.08. The molecule has 1 aromatic heterocycles. The molecule has 146 valence electrons. The van der Waals surface area contributed by atoms with E-state index >= 15 is 0 Å². The summed E-state index contributed by atoms with van der Waals surface area (Å²) < 4.78 is 29.5. The molecule has 0 radical (unpaired) electrons. The maximum absolute atomic E-state index is 13.0. The number of rotatable bonds is 7. The fraction of sp³-hybridized carbons (Fsp3) is 0.500. The minimum atomic E-state index is -1.52. The monoisotopic (exact) mass is 377 g/mol. The van der Waals surface area contributed by atoms with Crippen LogP contribution in [0.1, 0.15) is 37.6 Å². The third-order valence-corrected chi connectivity index (χ3v) is 4.84. The molecule has 0 aliphatic carbocycles. The first kappa shape index (κ1) is 19.5. The lowest BCUT2D eigenvalue weighted by molar-refractivity contribution is -0.271. The number of carboxylic acids is 1. The standard InChI is InChI=1S/C20H24FNO5/c1-13-17(22-18(27-13)15-7-9-16(21)10-8-15)6-4-3-5-14-11-25-20(2,19(23)24)26-12-14/h7-10,14H,3-6,11-12H2,1-2H3,(H,23,24). The third-order valence-electron chi connectivity index (χ3n) is 4.84. The van der Waals surface area contributed by atoms with Crippen molar-refractivity contribution in [2.24, 2.45) is 5.92 Å². The van der Waals surface area contributed by atoms with Crippen LogP contribution in [0.4, 0.5) is 4.39 Å². The molecule has 27 heavy (non-hydrogen) atoms. The first-order chi connectivity index (χ1) is 12.9. The highest BCUT2D eigenvalue weighted by atomic mass is 19.1. The molecule has 6 nitrogen and oxygen atoms in total. The molecule has 3 rings (SSSR count). The molecule has 0 amide bonds. The second-order valence-electron chi connectivity index (χ2n) is 7.01. The number of aryl methyl sites for hydroxylation is 2. The number of benzene rings is 1. The Kier molecular flexibility index (Phi) is 5.92. The van der Waals surface area contributed by atoms with Crippen LogP contribution in [0.25, 0.3) is 11.5 Å². The van der Waals surface area contributed by atoms with Gasteiger partial charge in [-0.1, -0.05) is 6.42 Å². The number of ether oxygens (including phenoxy) is 2. The van der Waals surface area contributed by atoms with E-state index in [2.05, 4.69) is 4.98 Å². The summed E-state index contributed by atoms with van der Waals surface area (Å²) >= 11 is 0. The van der Waals surface area contributed by atoms with Gasteiger partial charge >= 0.3 is 5.97 Å². The number of hydrogen-bond donors (Lipinski definition) is 1. The molecule has 1 fully saturated rings. The molecule has 0 spiro atoms. The van der Waals surface area contributed by atoms with Crippen molar-refractivity contribution < 1.29 is 28.2 Å². The third kappa shape index (κ3) is 4.73. The summed E-state index contributed by atoms with van der Waals surface area (Å²) in [4.78, 5) is 15.6.